The third-order valence-corrected chi connectivity index (χ3v) is 6.84. The molecular formula is C28H44N8O4. The largest absolute Gasteiger partial charge is 0.481 e. The highest BCUT2D eigenvalue weighted by atomic mass is 16.4. The van der Waals surface area contributed by atoms with Crippen LogP contribution in [-0.2, 0) is 11.3 Å². The van der Waals surface area contributed by atoms with E-state index in [4.69, 9.17) is 10.8 Å². The van der Waals surface area contributed by atoms with Crippen molar-refractivity contribution in [2.75, 3.05) is 44.6 Å². The van der Waals surface area contributed by atoms with Crippen molar-refractivity contribution in [1.82, 2.24) is 30.2 Å². The molecule has 40 heavy (non-hydrogen) atoms. The van der Waals surface area contributed by atoms with Crippen LogP contribution in [0.25, 0.3) is 22.6 Å². The fourth-order valence-corrected chi connectivity index (χ4v) is 4.68. The predicted molar refractivity (Wildman–Crippen MR) is 158 cm³/mol. The highest BCUT2D eigenvalue weighted by Crippen LogP contribution is 2.27. The van der Waals surface area contributed by atoms with Gasteiger partial charge in [0, 0.05) is 25.2 Å². The van der Waals surface area contributed by atoms with Crippen LogP contribution in [0.1, 0.15) is 63.4 Å². The average Bonchev–Trinajstić information content (AvgIpc) is 2.91. The number of rotatable bonds is 20. The molecule has 1 aromatic rings. The average molecular weight is 557 g/mol. The van der Waals surface area contributed by atoms with Crippen LogP contribution < -0.4 is 32.9 Å². The standard InChI is InChI=1S/C28H44N8O4/c1-20-18-22-23(19-21(20)32-16-9-15-31-13-6-5-12-30-14-8-11-29)36(17-7-3-2-4-10-24(37)38)26-25(33-22)27(39)35-28(40)34-26/h18-19,30-32H,2-17,29H2,1H3,(H,37,38)(H,35,39,40). The number of anilines is 1. The van der Waals surface area contributed by atoms with Gasteiger partial charge in [-0.1, -0.05) is 12.8 Å². The van der Waals surface area contributed by atoms with E-state index >= 15 is 0 Å². The van der Waals surface area contributed by atoms with Gasteiger partial charge >= 0.3 is 11.7 Å². The number of carboxylic acid groups (broad SMARTS) is 1. The summed E-state index contributed by atoms with van der Waals surface area (Å²) in [6.07, 6.45) is 7.41. The number of nitrogens with two attached hydrogens (primary N) is 1. The number of hydrogen-bond donors (Lipinski definition) is 6. The molecule has 2 aliphatic rings. The minimum Gasteiger partial charge on any atom is -0.481 e. The van der Waals surface area contributed by atoms with Gasteiger partial charge in [-0.15, -0.1) is 0 Å². The van der Waals surface area contributed by atoms with Crippen molar-refractivity contribution in [1.29, 1.82) is 0 Å². The molecule has 0 unspecified atom stereocenters. The quantitative estimate of drug-likeness (QED) is 0.0890. The fourth-order valence-electron chi connectivity index (χ4n) is 4.68. The highest BCUT2D eigenvalue weighted by Gasteiger charge is 2.19. The third-order valence-electron chi connectivity index (χ3n) is 6.84. The SMILES string of the molecule is Cc1cc2nc3c(=O)[nH]c(=O)nc-3n(CCCCCCC(=O)O)c2cc1NCCCNCCCCNCCCN. The topological polar surface area (TPSA) is 180 Å². The highest BCUT2D eigenvalue weighted by molar-refractivity contribution is 5.84. The number of aromatic nitrogens is 4. The van der Waals surface area contributed by atoms with Crippen molar-refractivity contribution in [2.24, 2.45) is 5.73 Å². The normalized spacial score (nSPS) is 11.4. The summed E-state index contributed by atoms with van der Waals surface area (Å²) in [5, 5.41) is 19.3. The van der Waals surface area contributed by atoms with Crippen LogP contribution in [0.5, 0.6) is 0 Å². The molecule has 220 valence electrons. The Morgan fingerprint density at radius 2 is 1.62 bits per heavy atom. The van der Waals surface area contributed by atoms with Gasteiger partial charge in [0.1, 0.15) is 0 Å². The minimum absolute atomic E-state index is 0.135. The van der Waals surface area contributed by atoms with Crippen LogP contribution in [0.3, 0.4) is 0 Å². The number of aromatic amines is 1. The summed E-state index contributed by atoms with van der Waals surface area (Å²) in [6.45, 7) is 8.00. The second-order valence-electron chi connectivity index (χ2n) is 10.2. The first-order valence-electron chi connectivity index (χ1n) is 14.4. The van der Waals surface area contributed by atoms with Crippen molar-refractivity contribution < 1.29 is 9.90 Å². The number of unbranched alkanes of at least 4 members (excludes halogenated alkanes) is 4. The van der Waals surface area contributed by atoms with Crippen LogP contribution in [0.4, 0.5) is 5.69 Å². The van der Waals surface area contributed by atoms with Crippen LogP contribution in [0, 0.1) is 6.92 Å². The molecule has 0 amide bonds. The molecule has 1 aromatic carbocycles. The number of fused-ring (bicyclic) bond motifs is 2. The summed E-state index contributed by atoms with van der Waals surface area (Å²) in [4.78, 5) is 46.2. The number of aliphatic carboxylic acids is 1. The molecular weight excluding hydrogens is 512 g/mol. The molecule has 12 nitrogen and oxygen atoms in total. The fraction of sp³-hybridized carbons (Fsp3) is 0.607. The smallest absolute Gasteiger partial charge is 0.349 e. The van der Waals surface area contributed by atoms with Gasteiger partial charge in [0.25, 0.3) is 5.56 Å². The maximum absolute atomic E-state index is 12.5. The molecule has 0 spiro atoms. The van der Waals surface area contributed by atoms with Crippen molar-refractivity contribution >= 4 is 22.7 Å². The van der Waals surface area contributed by atoms with E-state index in [0.29, 0.717) is 18.5 Å². The molecule has 0 radical (unpaired) electrons. The van der Waals surface area contributed by atoms with Gasteiger partial charge in [0.15, 0.2) is 11.5 Å². The number of carboxylic acids is 1. The zero-order valence-corrected chi connectivity index (χ0v) is 23.6. The lowest BCUT2D eigenvalue weighted by Gasteiger charge is -2.19. The molecule has 12 heteroatoms. The Labute approximate surface area is 234 Å². The van der Waals surface area contributed by atoms with Gasteiger partial charge in [0.2, 0.25) is 0 Å². The lowest BCUT2D eigenvalue weighted by atomic mass is 10.1. The number of aryl methyl sites for hydroxylation is 2. The van der Waals surface area contributed by atoms with Gasteiger partial charge in [0.05, 0.1) is 11.0 Å². The second kappa shape index (κ2) is 16.7. The van der Waals surface area contributed by atoms with E-state index in [0.717, 1.165) is 101 Å². The lowest BCUT2D eigenvalue weighted by Crippen LogP contribution is -2.29. The molecule has 3 rings (SSSR count). The number of hydrogen-bond acceptors (Lipinski definition) is 9. The van der Waals surface area contributed by atoms with E-state index in [2.05, 4.69) is 30.9 Å². The van der Waals surface area contributed by atoms with Gasteiger partial charge in [-0.2, -0.15) is 4.98 Å². The zero-order valence-electron chi connectivity index (χ0n) is 23.6. The Morgan fingerprint density at radius 3 is 2.35 bits per heavy atom. The number of carbonyl (C=O) groups is 1. The minimum atomic E-state index is -0.791. The van der Waals surface area contributed by atoms with Crippen molar-refractivity contribution in [2.45, 2.75) is 71.3 Å². The summed E-state index contributed by atoms with van der Waals surface area (Å²) >= 11 is 0. The van der Waals surface area contributed by atoms with Crippen molar-refractivity contribution in [3.05, 3.63) is 38.5 Å². The van der Waals surface area contributed by atoms with Crippen LogP contribution >= 0.6 is 0 Å². The molecule has 0 saturated carbocycles. The first kappa shape index (κ1) is 31.2. The van der Waals surface area contributed by atoms with E-state index in [1.807, 2.05) is 23.6 Å². The Kier molecular flexibility index (Phi) is 13.0. The zero-order chi connectivity index (χ0) is 28.7. The first-order chi connectivity index (χ1) is 19.4. The van der Waals surface area contributed by atoms with E-state index in [9.17, 15) is 14.4 Å². The van der Waals surface area contributed by atoms with Crippen molar-refractivity contribution in [3.63, 3.8) is 0 Å². The third kappa shape index (κ3) is 9.68. The number of nitrogens with zero attached hydrogens (tertiary/aromatic N) is 3. The van der Waals surface area contributed by atoms with Crippen LogP contribution in [0.2, 0.25) is 0 Å². The van der Waals surface area contributed by atoms with Crippen LogP contribution in [0.15, 0.2) is 21.7 Å². The maximum atomic E-state index is 12.5. The molecule has 0 fully saturated rings. The summed E-state index contributed by atoms with van der Waals surface area (Å²) in [7, 11) is 0. The lowest BCUT2D eigenvalue weighted by molar-refractivity contribution is -0.137. The van der Waals surface area contributed by atoms with Crippen LogP contribution in [-0.4, -0.2) is 69.9 Å². The number of benzene rings is 1. The molecule has 0 aromatic heterocycles. The molecule has 2 aliphatic heterocycles. The maximum Gasteiger partial charge on any atom is 0.349 e. The van der Waals surface area contributed by atoms with Gasteiger partial charge in [-0.25, -0.2) is 9.78 Å². The second-order valence-corrected chi connectivity index (χ2v) is 10.2. The van der Waals surface area contributed by atoms with E-state index < -0.39 is 17.2 Å². The Bertz CT molecular complexity index is 1310. The first-order valence-corrected chi connectivity index (χ1v) is 14.4. The summed E-state index contributed by atoms with van der Waals surface area (Å²) in [6, 6.07) is 3.96. The van der Waals surface area contributed by atoms with E-state index in [1.54, 1.807) is 0 Å². The Morgan fingerprint density at radius 1 is 0.925 bits per heavy atom. The summed E-state index contributed by atoms with van der Waals surface area (Å²) in [5.41, 5.74) is 7.82. The predicted octanol–water partition coefficient (Wildman–Crippen LogP) is 2.04. The van der Waals surface area contributed by atoms with Crippen molar-refractivity contribution in [3.8, 4) is 11.5 Å². The van der Waals surface area contributed by atoms with E-state index in [-0.39, 0.29) is 17.9 Å². The van der Waals surface area contributed by atoms with Gasteiger partial charge < -0.3 is 31.4 Å². The molecule has 0 atom stereocenters. The molecule has 2 heterocycles. The van der Waals surface area contributed by atoms with Gasteiger partial charge in [-0.3, -0.25) is 14.6 Å². The monoisotopic (exact) mass is 556 g/mol. The van der Waals surface area contributed by atoms with Gasteiger partial charge in [-0.05, 0) is 95.9 Å². The Hall–Kier alpha value is -3.35. The summed E-state index contributed by atoms with van der Waals surface area (Å²) in [5.74, 6) is -0.527. The molecule has 0 saturated heterocycles. The molecule has 0 bridgehead atoms. The molecule has 0 aliphatic carbocycles. The summed E-state index contributed by atoms with van der Waals surface area (Å²) < 4.78 is 1.89. The Balaban J connectivity index is 1.62. The molecule has 7 N–H and O–H groups in total. The number of nitrogens with one attached hydrogen (secondary N) is 4. The van der Waals surface area contributed by atoms with E-state index in [1.165, 1.54) is 0 Å². The number of H-pyrrole nitrogens is 1.